The molecule has 1 fully saturated rings. The zero-order valence-electron chi connectivity index (χ0n) is 15.6. The van der Waals surface area contributed by atoms with Crippen molar-refractivity contribution in [1.29, 1.82) is 0 Å². The highest BCUT2D eigenvalue weighted by Crippen LogP contribution is 2.28. The maximum Gasteiger partial charge on any atom is 0.191 e. The van der Waals surface area contributed by atoms with Crippen LogP contribution in [0.25, 0.3) is 0 Å². The summed E-state index contributed by atoms with van der Waals surface area (Å²) in [7, 11) is 3.51. The van der Waals surface area contributed by atoms with Gasteiger partial charge in [0.2, 0.25) is 0 Å². The summed E-state index contributed by atoms with van der Waals surface area (Å²) in [6.45, 7) is 3.53. The van der Waals surface area contributed by atoms with Gasteiger partial charge in [0.05, 0.1) is 13.7 Å². The number of ether oxygens (including phenoxy) is 2. The molecule has 1 unspecified atom stereocenters. The van der Waals surface area contributed by atoms with Crippen LogP contribution in [-0.4, -0.2) is 50.8 Å². The number of aliphatic imine (C=N–C) groups is 1. The molecule has 0 aromatic heterocycles. The van der Waals surface area contributed by atoms with Gasteiger partial charge in [-0.3, -0.25) is 4.99 Å². The van der Waals surface area contributed by atoms with Crippen molar-refractivity contribution in [3.05, 3.63) is 23.8 Å². The number of thioether (sulfide) groups is 1. The largest absolute Gasteiger partial charge is 0.493 e. The average molecular weight is 366 g/mol. The lowest BCUT2D eigenvalue weighted by molar-refractivity contribution is 0.310. The van der Waals surface area contributed by atoms with Gasteiger partial charge in [0.25, 0.3) is 0 Å². The Labute approximate surface area is 156 Å². The smallest absolute Gasteiger partial charge is 0.191 e. The number of aryl methyl sites for hydroxylation is 1. The molecule has 1 atom stereocenters. The zero-order chi connectivity index (χ0) is 17.9. The second-order valence-corrected chi connectivity index (χ2v) is 7.23. The number of guanidine groups is 1. The van der Waals surface area contributed by atoms with Gasteiger partial charge < -0.3 is 20.1 Å². The highest BCUT2D eigenvalue weighted by atomic mass is 32.2. The summed E-state index contributed by atoms with van der Waals surface area (Å²) < 4.78 is 11.0. The Morgan fingerprint density at radius 1 is 1.36 bits per heavy atom. The molecule has 0 bridgehead atoms. The van der Waals surface area contributed by atoms with E-state index in [1.165, 1.54) is 29.9 Å². The molecule has 1 aliphatic heterocycles. The normalized spacial score (nSPS) is 17.9. The Balaban J connectivity index is 1.75. The van der Waals surface area contributed by atoms with Crippen LogP contribution in [0.3, 0.4) is 0 Å². The molecule has 5 nitrogen and oxygen atoms in total. The van der Waals surface area contributed by atoms with Crippen LogP contribution in [0.2, 0.25) is 0 Å². The minimum absolute atomic E-state index is 0.542. The molecule has 2 rings (SSSR count). The maximum atomic E-state index is 5.64. The molecule has 6 heteroatoms. The van der Waals surface area contributed by atoms with Gasteiger partial charge in [0.1, 0.15) is 0 Å². The number of hydrogen-bond acceptors (Lipinski definition) is 4. The average Bonchev–Trinajstić information content (AvgIpc) is 2.65. The van der Waals surface area contributed by atoms with Gasteiger partial charge in [-0.1, -0.05) is 6.07 Å². The Kier molecular flexibility index (Phi) is 8.80. The van der Waals surface area contributed by atoms with Crippen LogP contribution < -0.4 is 20.1 Å². The second-order valence-electron chi connectivity index (χ2n) is 6.08. The van der Waals surface area contributed by atoms with Crippen LogP contribution in [0, 0.1) is 0 Å². The SMILES string of the molecule is CCOc1cc(CCCNC(=NC)NC2CCCSC2)ccc1OC. The molecule has 0 spiro atoms. The number of nitrogens with one attached hydrogen (secondary N) is 2. The van der Waals surface area contributed by atoms with E-state index in [4.69, 9.17) is 9.47 Å². The first-order chi connectivity index (χ1) is 12.3. The second kappa shape index (κ2) is 11.1. The molecule has 1 aromatic rings. The molecule has 0 radical (unpaired) electrons. The third-order valence-corrected chi connectivity index (χ3v) is 5.40. The number of nitrogens with zero attached hydrogens (tertiary/aromatic N) is 1. The van der Waals surface area contributed by atoms with Crippen LogP contribution in [0.5, 0.6) is 11.5 Å². The van der Waals surface area contributed by atoms with E-state index < -0.39 is 0 Å². The molecule has 25 heavy (non-hydrogen) atoms. The van der Waals surface area contributed by atoms with Gasteiger partial charge in [-0.2, -0.15) is 11.8 Å². The van der Waals surface area contributed by atoms with Gasteiger partial charge in [-0.25, -0.2) is 0 Å². The molecule has 2 N–H and O–H groups in total. The third-order valence-electron chi connectivity index (χ3n) is 4.19. The zero-order valence-corrected chi connectivity index (χ0v) is 16.5. The highest BCUT2D eigenvalue weighted by molar-refractivity contribution is 7.99. The first kappa shape index (κ1) is 19.8. The Morgan fingerprint density at radius 3 is 2.92 bits per heavy atom. The number of hydrogen-bond donors (Lipinski definition) is 2. The highest BCUT2D eigenvalue weighted by Gasteiger charge is 2.14. The molecule has 140 valence electrons. The van der Waals surface area contributed by atoms with Crippen LogP contribution in [-0.2, 0) is 6.42 Å². The molecular formula is C19H31N3O2S. The quantitative estimate of drug-likeness (QED) is 0.421. The van der Waals surface area contributed by atoms with Crippen molar-refractivity contribution >= 4 is 17.7 Å². The van der Waals surface area contributed by atoms with Crippen molar-refractivity contribution in [3.63, 3.8) is 0 Å². The lowest BCUT2D eigenvalue weighted by Crippen LogP contribution is -2.45. The van der Waals surface area contributed by atoms with Gasteiger partial charge >= 0.3 is 0 Å². The van der Waals surface area contributed by atoms with Crippen LogP contribution >= 0.6 is 11.8 Å². The Hall–Kier alpha value is -1.56. The molecular weight excluding hydrogens is 334 g/mol. The van der Waals surface area contributed by atoms with E-state index >= 15 is 0 Å². The fourth-order valence-electron chi connectivity index (χ4n) is 2.89. The van der Waals surface area contributed by atoms with Gasteiger partial charge in [0, 0.05) is 25.4 Å². The van der Waals surface area contributed by atoms with E-state index in [-0.39, 0.29) is 0 Å². The molecule has 1 saturated heterocycles. The predicted molar refractivity (Wildman–Crippen MR) is 107 cm³/mol. The van der Waals surface area contributed by atoms with Crippen LogP contribution in [0.4, 0.5) is 0 Å². The monoisotopic (exact) mass is 365 g/mol. The standard InChI is InChI=1S/C19H31N3O2S/c1-4-24-18-13-15(9-10-17(18)23-3)7-5-11-21-19(20-2)22-16-8-6-12-25-14-16/h9-10,13,16H,4-8,11-12,14H2,1-3H3,(H2,20,21,22). The first-order valence-corrected chi connectivity index (χ1v) is 10.3. The fraction of sp³-hybridized carbons (Fsp3) is 0.632. The molecule has 0 amide bonds. The predicted octanol–water partition coefficient (Wildman–Crippen LogP) is 3.09. The van der Waals surface area contributed by atoms with E-state index in [2.05, 4.69) is 27.8 Å². The summed E-state index contributed by atoms with van der Waals surface area (Å²) in [5.41, 5.74) is 1.26. The minimum atomic E-state index is 0.542. The molecule has 0 aliphatic carbocycles. The van der Waals surface area contributed by atoms with E-state index in [9.17, 15) is 0 Å². The first-order valence-electron chi connectivity index (χ1n) is 9.11. The van der Waals surface area contributed by atoms with Crippen molar-refractivity contribution in [3.8, 4) is 11.5 Å². The van der Waals surface area contributed by atoms with Crippen molar-refractivity contribution in [1.82, 2.24) is 10.6 Å². The molecule has 1 aliphatic rings. The van der Waals surface area contributed by atoms with Crippen molar-refractivity contribution in [2.75, 3.05) is 38.8 Å². The van der Waals surface area contributed by atoms with E-state index in [1.54, 1.807) is 7.11 Å². The Bertz CT molecular complexity index is 545. The maximum absolute atomic E-state index is 5.64. The van der Waals surface area contributed by atoms with E-state index in [0.29, 0.717) is 12.6 Å². The summed E-state index contributed by atoms with van der Waals surface area (Å²) in [5.74, 6) is 4.99. The summed E-state index contributed by atoms with van der Waals surface area (Å²) in [6, 6.07) is 6.71. The van der Waals surface area contributed by atoms with Gasteiger partial charge in [-0.15, -0.1) is 0 Å². The van der Waals surface area contributed by atoms with E-state index in [0.717, 1.165) is 36.8 Å². The molecule has 1 heterocycles. The minimum Gasteiger partial charge on any atom is -0.493 e. The summed E-state index contributed by atoms with van der Waals surface area (Å²) in [4.78, 5) is 4.34. The van der Waals surface area contributed by atoms with E-state index in [1.807, 2.05) is 31.8 Å². The topological polar surface area (TPSA) is 54.9 Å². The molecule has 1 aromatic carbocycles. The lowest BCUT2D eigenvalue weighted by atomic mass is 10.1. The lowest BCUT2D eigenvalue weighted by Gasteiger charge is -2.24. The Morgan fingerprint density at radius 2 is 2.24 bits per heavy atom. The van der Waals surface area contributed by atoms with Crippen LogP contribution in [0.15, 0.2) is 23.2 Å². The van der Waals surface area contributed by atoms with Gasteiger partial charge in [-0.05, 0) is 56.1 Å². The molecule has 0 saturated carbocycles. The number of benzene rings is 1. The summed E-state index contributed by atoms with van der Waals surface area (Å²) in [6.07, 6.45) is 4.56. The van der Waals surface area contributed by atoms with Gasteiger partial charge in [0.15, 0.2) is 17.5 Å². The summed E-state index contributed by atoms with van der Waals surface area (Å²) >= 11 is 2.02. The summed E-state index contributed by atoms with van der Waals surface area (Å²) in [5, 5.41) is 6.95. The number of rotatable bonds is 8. The third kappa shape index (κ3) is 6.69. The fourth-order valence-corrected chi connectivity index (χ4v) is 3.96. The number of methoxy groups -OCH3 is 1. The van der Waals surface area contributed by atoms with Crippen LogP contribution in [0.1, 0.15) is 31.7 Å². The van der Waals surface area contributed by atoms with Crippen molar-refractivity contribution in [2.45, 2.75) is 38.6 Å². The van der Waals surface area contributed by atoms with Crippen molar-refractivity contribution < 1.29 is 9.47 Å². The van der Waals surface area contributed by atoms with Crippen molar-refractivity contribution in [2.24, 2.45) is 4.99 Å².